The highest BCUT2D eigenvalue weighted by Gasteiger charge is 2.20. The fourth-order valence-electron chi connectivity index (χ4n) is 3.57. The summed E-state index contributed by atoms with van der Waals surface area (Å²) in [5.41, 5.74) is 3.74. The first-order valence-corrected chi connectivity index (χ1v) is 11.1. The molecule has 0 bridgehead atoms. The highest BCUT2D eigenvalue weighted by molar-refractivity contribution is 5.34. The van der Waals surface area contributed by atoms with Crippen molar-refractivity contribution in [3.63, 3.8) is 0 Å². The van der Waals surface area contributed by atoms with E-state index in [4.69, 9.17) is 14.5 Å². The van der Waals surface area contributed by atoms with Gasteiger partial charge in [-0.3, -0.25) is 5.32 Å². The van der Waals surface area contributed by atoms with Crippen LogP contribution in [-0.2, 0) is 19.6 Å². The van der Waals surface area contributed by atoms with E-state index in [9.17, 15) is 0 Å². The lowest BCUT2D eigenvalue weighted by Gasteiger charge is -2.16. The molecule has 0 aliphatic rings. The van der Waals surface area contributed by atoms with Gasteiger partial charge in [-0.1, -0.05) is 66.7 Å². The molecular formula is C27H26N4O2. The Balaban J connectivity index is 1.44. The van der Waals surface area contributed by atoms with E-state index in [1.165, 1.54) is 0 Å². The van der Waals surface area contributed by atoms with Crippen LogP contribution in [0.2, 0.25) is 0 Å². The van der Waals surface area contributed by atoms with Crippen LogP contribution in [0.1, 0.15) is 53.4 Å². The predicted molar refractivity (Wildman–Crippen MR) is 125 cm³/mol. The number of aryl methyl sites for hydroxylation is 1. The molecule has 1 heterocycles. The maximum Gasteiger partial charge on any atom is 0.226 e. The molecule has 6 nitrogen and oxygen atoms in total. The average Bonchev–Trinajstić information content (AvgIpc) is 3.32. The monoisotopic (exact) mass is 438 g/mol. The molecule has 33 heavy (non-hydrogen) atoms. The van der Waals surface area contributed by atoms with Crippen LogP contribution in [0.4, 0.5) is 0 Å². The van der Waals surface area contributed by atoms with Crippen LogP contribution in [0.3, 0.4) is 0 Å². The number of nitrogens with zero attached hydrogens (tertiary/aromatic N) is 3. The van der Waals surface area contributed by atoms with E-state index < -0.39 is 0 Å². The molecule has 1 unspecified atom stereocenters. The number of ether oxygens (including phenoxy) is 1. The third-order valence-electron chi connectivity index (χ3n) is 5.21. The van der Waals surface area contributed by atoms with Gasteiger partial charge in [0, 0.05) is 13.0 Å². The minimum Gasteiger partial charge on any atom is -0.489 e. The molecule has 1 atom stereocenters. The van der Waals surface area contributed by atoms with Crippen molar-refractivity contribution in [1.82, 2.24) is 15.5 Å². The van der Waals surface area contributed by atoms with Gasteiger partial charge in [-0.25, -0.2) is 0 Å². The van der Waals surface area contributed by atoms with E-state index >= 15 is 0 Å². The van der Waals surface area contributed by atoms with Gasteiger partial charge < -0.3 is 9.26 Å². The Hall–Kier alpha value is -3.95. The summed E-state index contributed by atoms with van der Waals surface area (Å²) in [4.78, 5) is 4.60. The number of nitrogens with one attached hydrogen (secondary N) is 1. The molecule has 1 N–H and O–H groups in total. The first-order chi connectivity index (χ1) is 16.2. The summed E-state index contributed by atoms with van der Waals surface area (Å²) in [6.07, 6.45) is 1.73. The quantitative estimate of drug-likeness (QED) is 0.359. The largest absolute Gasteiger partial charge is 0.489 e. The zero-order valence-corrected chi connectivity index (χ0v) is 18.6. The lowest BCUT2D eigenvalue weighted by atomic mass is 10.1. The molecule has 1 aromatic heterocycles. The van der Waals surface area contributed by atoms with Crippen LogP contribution in [0, 0.1) is 11.3 Å². The fraction of sp³-hybridized carbons (Fsp3) is 0.222. The van der Waals surface area contributed by atoms with Gasteiger partial charge in [-0.2, -0.15) is 10.2 Å². The van der Waals surface area contributed by atoms with Crippen molar-refractivity contribution in [3.8, 4) is 11.8 Å². The summed E-state index contributed by atoms with van der Waals surface area (Å²) in [7, 11) is 0. The molecule has 3 aromatic carbocycles. The highest BCUT2D eigenvalue weighted by atomic mass is 16.5. The summed E-state index contributed by atoms with van der Waals surface area (Å²) < 4.78 is 11.4. The second-order valence-corrected chi connectivity index (χ2v) is 7.77. The number of hydrogen-bond donors (Lipinski definition) is 1. The van der Waals surface area contributed by atoms with Crippen LogP contribution in [0.15, 0.2) is 83.4 Å². The Bertz CT molecular complexity index is 1210. The third-order valence-corrected chi connectivity index (χ3v) is 5.21. The van der Waals surface area contributed by atoms with Crippen molar-refractivity contribution in [2.45, 2.75) is 39.0 Å². The molecular weight excluding hydrogens is 412 g/mol. The van der Waals surface area contributed by atoms with E-state index in [0.29, 0.717) is 30.4 Å². The van der Waals surface area contributed by atoms with Crippen LogP contribution in [-0.4, -0.2) is 10.1 Å². The fourth-order valence-corrected chi connectivity index (χ4v) is 3.57. The molecule has 166 valence electrons. The summed E-state index contributed by atoms with van der Waals surface area (Å²) in [6, 6.07) is 27.5. The molecule has 0 aliphatic heterocycles. The van der Waals surface area contributed by atoms with Gasteiger partial charge in [0.25, 0.3) is 0 Å². The van der Waals surface area contributed by atoms with Crippen molar-refractivity contribution in [1.29, 1.82) is 5.26 Å². The standard InChI is InChI=1S/C27H26N4O2/c1-2-8-25-30-27(31-33-25)26(23-12-4-3-5-13-23)29-18-21-10-7-14-24(16-21)32-19-22-11-6-9-20(15-22)17-28/h3-7,9-16,26,29H,2,8,18-19H2,1H3. The Labute approximate surface area is 193 Å². The Morgan fingerprint density at radius 3 is 2.64 bits per heavy atom. The van der Waals surface area contributed by atoms with Crippen molar-refractivity contribution in [2.75, 3.05) is 0 Å². The summed E-state index contributed by atoms with van der Waals surface area (Å²) in [6.45, 7) is 3.10. The van der Waals surface area contributed by atoms with Gasteiger partial charge in [-0.05, 0) is 47.4 Å². The van der Waals surface area contributed by atoms with Crippen LogP contribution >= 0.6 is 0 Å². The molecule has 0 amide bonds. The minimum atomic E-state index is -0.182. The van der Waals surface area contributed by atoms with E-state index in [1.807, 2.05) is 54.6 Å². The average molecular weight is 439 g/mol. The van der Waals surface area contributed by atoms with Gasteiger partial charge in [0.2, 0.25) is 5.89 Å². The lowest BCUT2D eigenvalue weighted by Crippen LogP contribution is -2.23. The molecule has 0 aliphatic carbocycles. The van der Waals surface area contributed by atoms with Crippen molar-refractivity contribution >= 4 is 0 Å². The Kier molecular flexibility index (Phi) is 7.47. The summed E-state index contributed by atoms with van der Waals surface area (Å²) in [5.74, 6) is 2.07. The molecule has 0 fully saturated rings. The predicted octanol–water partition coefficient (Wildman–Crippen LogP) is 5.35. The zero-order valence-electron chi connectivity index (χ0n) is 18.6. The van der Waals surface area contributed by atoms with Crippen molar-refractivity contribution in [3.05, 3.63) is 113 Å². The second kappa shape index (κ2) is 11.1. The van der Waals surface area contributed by atoms with Gasteiger partial charge >= 0.3 is 0 Å². The number of aromatic nitrogens is 2. The molecule has 6 heteroatoms. The first kappa shape index (κ1) is 22.3. The topological polar surface area (TPSA) is 84.0 Å². The highest BCUT2D eigenvalue weighted by Crippen LogP contribution is 2.22. The van der Waals surface area contributed by atoms with Gasteiger partial charge in [0.05, 0.1) is 17.7 Å². The summed E-state index contributed by atoms with van der Waals surface area (Å²) in [5, 5.41) is 16.9. The zero-order chi connectivity index (χ0) is 22.9. The molecule has 0 spiro atoms. The van der Waals surface area contributed by atoms with Gasteiger partial charge in [0.1, 0.15) is 12.4 Å². The molecule has 0 radical (unpaired) electrons. The SMILES string of the molecule is CCCc1nc(C(NCc2cccc(OCc3cccc(C#N)c3)c2)c2ccccc2)no1. The van der Waals surface area contributed by atoms with Gasteiger partial charge in [-0.15, -0.1) is 0 Å². The normalized spacial score (nSPS) is 11.6. The van der Waals surface area contributed by atoms with E-state index in [0.717, 1.165) is 35.3 Å². The lowest BCUT2D eigenvalue weighted by molar-refractivity contribution is 0.306. The second-order valence-electron chi connectivity index (χ2n) is 7.77. The van der Waals surface area contributed by atoms with Crippen LogP contribution in [0.5, 0.6) is 5.75 Å². The van der Waals surface area contributed by atoms with Crippen LogP contribution < -0.4 is 10.1 Å². The van der Waals surface area contributed by atoms with E-state index in [2.05, 4.69) is 46.6 Å². The third kappa shape index (κ3) is 6.06. The summed E-state index contributed by atoms with van der Waals surface area (Å²) >= 11 is 0. The first-order valence-electron chi connectivity index (χ1n) is 11.1. The number of benzene rings is 3. The molecule has 0 saturated heterocycles. The Morgan fingerprint density at radius 1 is 1.00 bits per heavy atom. The number of nitriles is 1. The number of rotatable bonds is 10. The smallest absolute Gasteiger partial charge is 0.226 e. The maximum atomic E-state index is 9.07. The maximum absolute atomic E-state index is 9.07. The molecule has 0 saturated carbocycles. The Morgan fingerprint density at radius 2 is 1.82 bits per heavy atom. The van der Waals surface area contributed by atoms with Crippen molar-refractivity contribution < 1.29 is 9.26 Å². The molecule has 4 rings (SSSR count). The van der Waals surface area contributed by atoms with Crippen molar-refractivity contribution in [2.24, 2.45) is 0 Å². The van der Waals surface area contributed by atoms with Crippen LogP contribution in [0.25, 0.3) is 0 Å². The van der Waals surface area contributed by atoms with E-state index in [1.54, 1.807) is 6.07 Å². The minimum absolute atomic E-state index is 0.182. The molecule has 4 aromatic rings. The van der Waals surface area contributed by atoms with Gasteiger partial charge in [0.15, 0.2) is 5.82 Å². The van der Waals surface area contributed by atoms with E-state index in [-0.39, 0.29) is 6.04 Å². The number of hydrogen-bond acceptors (Lipinski definition) is 6.